The van der Waals surface area contributed by atoms with Crippen LogP contribution in [-0.4, -0.2) is 0 Å². The lowest BCUT2D eigenvalue weighted by molar-refractivity contribution is 0.577. The molecule has 2 aromatic rings. The van der Waals surface area contributed by atoms with Crippen LogP contribution < -0.4 is 0 Å². The van der Waals surface area contributed by atoms with Gasteiger partial charge in [-0.15, -0.1) is 0 Å². The van der Waals surface area contributed by atoms with Gasteiger partial charge in [-0.1, -0.05) is 30.9 Å². The molecule has 0 saturated heterocycles. The second-order valence-electron chi connectivity index (χ2n) is 4.43. The Labute approximate surface area is 121 Å². The fourth-order valence-corrected chi connectivity index (χ4v) is 1.73. The summed E-state index contributed by atoms with van der Waals surface area (Å²) in [5, 5.41) is 0. The molecule has 0 amide bonds. The lowest BCUT2D eigenvalue weighted by atomic mass is 10.1. The van der Waals surface area contributed by atoms with Crippen LogP contribution >= 0.6 is 0 Å². The average molecular weight is 286 g/mol. The van der Waals surface area contributed by atoms with Gasteiger partial charge in [0.25, 0.3) is 0 Å². The molecule has 0 bridgehead atoms. The minimum absolute atomic E-state index is 0.284. The molecule has 2 rings (SSSR count). The molecule has 0 radical (unpaired) electrons. The molecule has 0 heterocycles. The van der Waals surface area contributed by atoms with Crippen molar-refractivity contribution in [3.05, 3.63) is 76.6 Å². The Hall–Kier alpha value is -2.47. The van der Waals surface area contributed by atoms with Crippen molar-refractivity contribution in [1.29, 1.82) is 0 Å². The topological polar surface area (TPSA) is 0 Å². The van der Waals surface area contributed by atoms with Crippen molar-refractivity contribution in [3.63, 3.8) is 0 Å². The molecular weight excluding hydrogens is 273 g/mol. The third kappa shape index (κ3) is 4.00. The summed E-state index contributed by atoms with van der Waals surface area (Å²) in [6.07, 6.45) is 4.26. The van der Waals surface area contributed by atoms with Crippen LogP contribution in [0.4, 0.5) is 13.2 Å². The third-order valence-electron chi connectivity index (χ3n) is 2.79. The van der Waals surface area contributed by atoms with E-state index in [2.05, 4.69) is 11.8 Å². The molecule has 2 aromatic carbocycles. The van der Waals surface area contributed by atoms with Crippen molar-refractivity contribution < 1.29 is 13.2 Å². The molecule has 0 aromatic heterocycles. The Kier molecular flexibility index (Phi) is 4.84. The number of hydrogen-bond acceptors (Lipinski definition) is 0. The molecule has 0 aliphatic rings. The molecule has 0 nitrogen and oxygen atoms in total. The predicted octanol–water partition coefficient (Wildman–Crippen LogP) is 4.93. The van der Waals surface area contributed by atoms with E-state index in [1.54, 1.807) is 6.08 Å². The van der Waals surface area contributed by atoms with E-state index >= 15 is 0 Å². The van der Waals surface area contributed by atoms with Crippen LogP contribution in [0.25, 0.3) is 6.08 Å². The summed E-state index contributed by atoms with van der Waals surface area (Å²) >= 11 is 0. The zero-order valence-electron chi connectivity index (χ0n) is 11.5. The van der Waals surface area contributed by atoms with Gasteiger partial charge in [0.15, 0.2) is 0 Å². The molecule has 21 heavy (non-hydrogen) atoms. The second kappa shape index (κ2) is 6.81. The molecule has 0 atom stereocenters. The third-order valence-corrected chi connectivity index (χ3v) is 2.79. The van der Waals surface area contributed by atoms with E-state index in [-0.39, 0.29) is 11.4 Å². The van der Waals surface area contributed by atoms with Gasteiger partial charge in [-0.3, -0.25) is 0 Å². The summed E-state index contributed by atoms with van der Waals surface area (Å²) in [7, 11) is 0. The SMILES string of the molecule is CCC=Cc1cc(F)c(C#Cc2ccc(F)cc2)c(F)c1. The lowest BCUT2D eigenvalue weighted by Gasteiger charge is -2.00. The molecule has 0 fully saturated rings. The molecule has 0 saturated carbocycles. The lowest BCUT2D eigenvalue weighted by Crippen LogP contribution is -1.92. The summed E-state index contributed by atoms with van der Waals surface area (Å²) in [6.45, 7) is 1.94. The molecule has 0 spiro atoms. The fourth-order valence-electron chi connectivity index (χ4n) is 1.73. The zero-order valence-corrected chi connectivity index (χ0v) is 11.5. The van der Waals surface area contributed by atoms with E-state index in [0.29, 0.717) is 11.1 Å². The van der Waals surface area contributed by atoms with Gasteiger partial charge in [0.1, 0.15) is 17.5 Å². The van der Waals surface area contributed by atoms with E-state index in [1.165, 1.54) is 36.4 Å². The molecular formula is C18H13F3. The first-order valence-corrected chi connectivity index (χ1v) is 6.53. The number of rotatable bonds is 2. The van der Waals surface area contributed by atoms with Gasteiger partial charge in [0, 0.05) is 5.56 Å². The van der Waals surface area contributed by atoms with E-state index < -0.39 is 11.6 Å². The number of hydrogen-bond donors (Lipinski definition) is 0. The van der Waals surface area contributed by atoms with Crippen molar-refractivity contribution in [2.45, 2.75) is 13.3 Å². The van der Waals surface area contributed by atoms with Gasteiger partial charge in [-0.2, -0.15) is 0 Å². The first kappa shape index (κ1) is 14.9. The van der Waals surface area contributed by atoms with Gasteiger partial charge in [-0.05, 0) is 48.4 Å². The first-order valence-electron chi connectivity index (χ1n) is 6.53. The van der Waals surface area contributed by atoms with Crippen LogP contribution in [0.15, 0.2) is 42.5 Å². The molecule has 106 valence electrons. The summed E-state index contributed by atoms with van der Waals surface area (Å²) in [5.74, 6) is 3.27. The second-order valence-corrected chi connectivity index (χ2v) is 4.43. The van der Waals surface area contributed by atoms with Crippen molar-refractivity contribution in [2.75, 3.05) is 0 Å². The van der Waals surface area contributed by atoms with E-state index in [9.17, 15) is 13.2 Å². The van der Waals surface area contributed by atoms with Crippen LogP contribution in [-0.2, 0) is 0 Å². The monoisotopic (exact) mass is 286 g/mol. The summed E-state index contributed by atoms with van der Waals surface area (Å²) < 4.78 is 40.5. The first-order chi connectivity index (χ1) is 10.1. The molecule has 0 aliphatic heterocycles. The Bertz CT molecular complexity index is 693. The van der Waals surface area contributed by atoms with Gasteiger partial charge in [0.05, 0.1) is 5.56 Å². The van der Waals surface area contributed by atoms with Gasteiger partial charge >= 0.3 is 0 Å². The van der Waals surface area contributed by atoms with E-state index in [4.69, 9.17) is 0 Å². The normalized spacial score (nSPS) is 10.5. The van der Waals surface area contributed by atoms with Crippen molar-refractivity contribution in [3.8, 4) is 11.8 Å². The Balaban J connectivity index is 2.33. The maximum Gasteiger partial charge on any atom is 0.142 e. The van der Waals surface area contributed by atoms with Crippen LogP contribution in [0, 0.1) is 29.3 Å². The maximum atomic E-state index is 13.9. The van der Waals surface area contributed by atoms with Gasteiger partial charge in [-0.25, -0.2) is 13.2 Å². The summed E-state index contributed by atoms with van der Waals surface area (Å²) in [5.41, 5.74) is 0.664. The van der Waals surface area contributed by atoms with Crippen LogP contribution in [0.3, 0.4) is 0 Å². The van der Waals surface area contributed by atoms with Crippen LogP contribution in [0.5, 0.6) is 0 Å². The smallest absolute Gasteiger partial charge is 0.142 e. The highest BCUT2D eigenvalue weighted by atomic mass is 19.1. The minimum Gasteiger partial charge on any atom is -0.207 e. The summed E-state index contributed by atoms with van der Waals surface area (Å²) in [4.78, 5) is 0. The number of halogens is 3. The van der Waals surface area contributed by atoms with E-state index in [0.717, 1.165) is 6.42 Å². The standard InChI is InChI=1S/C18H13F3/c1-2-3-4-14-11-17(20)16(18(21)12-14)10-7-13-5-8-15(19)9-6-13/h3-6,8-9,11-12H,2H2,1H3. The van der Waals surface area contributed by atoms with E-state index in [1.807, 2.05) is 13.0 Å². The molecule has 0 N–H and O–H groups in total. The highest BCUT2D eigenvalue weighted by Crippen LogP contribution is 2.16. The van der Waals surface area contributed by atoms with Crippen LogP contribution in [0.2, 0.25) is 0 Å². The number of allylic oxidation sites excluding steroid dienone is 1. The largest absolute Gasteiger partial charge is 0.207 e. The summed E-state index contributed by atoms with van der Waals surface area (Å²) in [6, 6.07) is 7.88. The van der Waals surface area contributed by atoms with Crippen molar-refractivity contribution >= 4 is 6.08 Å². The fraction of sp³-hybridized carbons (Fsp3) is 0.111. The Morgan fingerprint density at radius 2 is 1.57 bits per heavy atom. The Morgan fingerprint density at radius 3 is 2.14 bits per heavy atom. The molecule has 3 heteroatoms. The molecule has 0 unspecified atom stereocenters. The number of benzene rings is 2. The zero-order chi connectivity index (χ0) is 15.2. The van der Waals surface area contributed by atoms with Crippen molar-refractivity contribution in [1.82, 2.24) is 0 Å². The molecule has 0 aliphatic carbocycles. The van der Waals surface area contributed by atoms with Crippen LogP contribution in [0.1, 0.15) is 30.0 Å². The van der Waals surface area contributed by atoms with Gasteiger partial charge in [0.2, 0.25) is 0 Å². The van der Waals surface area contributed by atoms with Crippen molar-refractivity contribution in [2.24, 2.45) is 0 Å². The predicted molar refractivity (Wildman–Crippen MR) is 78.1 cm³/mol. The van der Waals surface area contributed by atoms with Gasteiger partial charge < -0.3 is 0 Å². The highest BCUT2D eigenvalue weighted by Gasteiger charge is 2.07. The quantitative estimate of drug-likeness (QED) is 0.687. The maximum absolute atomic E-state index is 13.9. The highest BCUT2D eigenvalue weighted by molar-refractivity contribution is 5.53. The minimum atomic E-state index is -0.708. The Morgan fingerprint density at radius 1 is 0.952 bits per heavy atom. The average Bonchev–Trinajstić information content (AvgIpc) is 2.46.